The van der Waals surface area contributed by atoms with Crippen LogP contribution in [0, 0.1) is 0 Å². The summed E-state index contributed by atoms with van der Waals surface area (Å²) in [5.74, 6) is 0. The van der Waals surface area contributed by atoms with Gasteiger partial charge in [-0.15, -0.1) is 0 Å². The molecule has 7 heavy (non-hydrogen) atoms. The molecule has 0 unspecified atom stereocenters. The monoisotopic (exact) mass is 306 g/mol. The predicted octanol–water partition coefficient (Wildman–Crippen LogP) is 1.24. The molecule has 0 rings (SSSR count). The zero-order valence-electron chi connectivity index (χ0n) is 3.88. The number of thiocarbonyl (C=S) groups is 1. The third-order valence-electron chi connectivity index (χ3n) is 0.268. The van der Waals surface area contributed by atoms with Crippen molar-refractivity contribution in [3.8, 4) is 0 Å². The van der Waals surface area contributed by atoms with E-state index in [0.717, 1.165) is 0 Å². The molecule has 0 amide bonds. The van der Waals surface area contributed by atoms with Gasteiger partial charge in [0, 0.05) is 21.1 Å². The molecule has 0 aliphatic carbocycles. The third-order valence-corrected chi connectivity index (χ3v) is 0.515. The molecule has 0 aromatic carbocycles. The van der Waals surface area contributed by atoms with E-state index in [-0.39, 0.29) is 21.1 Å². The largest absolute Gasteiger partial charge is 0.479 e. The Morgan fingerprint density at radius 2 is 2.29 bits per heavy atom. The Balaban J connectivity index is 0. The molecule has 0 N–H and O–H groups in total. The van der Waals surface area contributed by atoms with Crippen molar-refractivity contribution in [3.05, 3.63) is 0 Å². The Morgan fingerprint density at radius 3 is 2.29 bits per heavy atom. The first-order chi connectivity index (χ1) is 2.77. The van der Waals surface area contributed by atoms with Gasteiger partial charge in [-0.2, -0.15) is 0 Å². The Kier molecular flexibility index (Phi) is 10.7. The molecule has 4 heteroatoms. The van der Waals surface area contributed by atoms with Gasteiger partial charge in [0.1, 0.15) is 0 Å². The van der Waals surface area contributed by atoms with Gasteiger partial charge in [-0.25, -0.2) is 0 Å². The first-order valence-corrected chi connectivity index (χ1v) is 2.48. The van der Waals surface area contributed by atoms with E-state index >= 15 is 0 Å². The number of ether oxygens (including phenoxy) is 1. The molecule has 0 atom stereocenters. The summed E-state index contributed by atoms with van der Waals surface area (Å²) in [5, 5.41) is 0. The topological polar surface area (TPSA) is 9.23 Å². The normalized spacial score (nSPS) is 6.57. The van der Waals surface area contributed by atoms with Crippen LogP contribution in [0.3, 0.4) is 0 Å². The fourth-order valence-electron chi connectivity index (χ4n) is 0.123. The first kappa shape index (κ1) is 10.8. The second-order valence-electron chi connectivity index (χ2n) is 0.699. The van der Waals surface area contributed by atoms with Gasteiger partial charge < -0.3 is 4.74 Å². The SMILES string of the molecule is CCOC(=S)S.[W]. The van der Waals surface area contributed by atoms with Crippen LogP contribution in [0.1, 0.15) is 6.92 Å². The molecule has 0 saturated heterocycles. The van der Waals surface area contributed by atoms with Gasteiger partial charge in [-0.05, 0) is 19.1 Å². The molecule has 0 bridgehead atoms. The fourth-order valence-corrected chi connectivity index (χ4v) is 0.370. The van der Waals surface area contributed by atoms with Crippen LogP contribution in [-0.2, 0) is 25.8 Å². The summed E-state index contributed by atoms with van der Waals surface area (Å²) in [6.07, 6.45) is 0. The maximum Gasteiger partial charge on any atom is 0.216 e. The van der Waals surface area contributed by atoms with Crippen LogP contribution in [0.4, 0.5) is 0 Å². The molecule has 0 fully saturated rings. The number of rotatable bonds is 1. The smallest absolute Gasteiger partial charge is 0.216 e. The number of thiol groups is 1. The molecule has 0 spiro atoms. The van der Waals surface area contributed by atoms with Crippen LogP contribution >= 0.6 is 24.8 Å². The van der Waals surface area contributed by atoms with Crippen LogP contribution in [0.15, 0.2) is 0 Å². The van der Waals surface area contributed by atoms with Crippen LogP contribution in [-0.4, -0.2) is 11.0 Å². The summed E-state index contributed by atoms with van der Waals surface area (Å²) in [6.45, 7) is 2.48. The van der Waals surface area contributed by atoms with E-state index < -0.39 is 0 Å². The summed E-state index contributed by atoms with van der Waals surface area (Å²) in [5.41, 5.74) is 0. The van der Waals surface area contributed by atoms with E-state index in [9.17, 15) is 0 Å². The maximum atomic E-state index is 4.64. The van der Waals surface area contributed by atoms with E-state index in [2.05, 4.69) is 29.6 Å². The Bertz CT molecular complexity index is 56.9. The van der Waals surface area contributed by atoms with Gasteiger partial charge in [0.25, 0.3) is 0 Å². The Labute approximate surface area is 68.5 Å². The molecule has 42 valence electrons. The van der Waals surface area contributed by atoms with Gasteiger partial charge >= 0.3 is 0 Å². The standard InChI is InChI=1S/C3H6OS2.W/c1-2-4-3(5)6;/h2H2,1H3,(H,5,6);. The van der Waals surface area contributed by atoms with Gasteiger partial charge in [0.15, 0.2) is 0 Å². The van der Waals surface area contributed by atoms with Crippen LogP contribution in [0.25, 0.3) is 0 Å². The van der Waals surface area contributed by atoms with E-state index in [0.29, 0.717) is 11.0 Å². The van der Waals surface area contributed by atoms with Crippen molar-refractivity contribution in [2.24, 2.45) is 0 Å². The number of hydrogen-bond acceptors (Lipinski definition) is 2. The molecule has 1 nitrogen and oxygen atoms in total. The van der Waals surface area contributed by atoms with Gasteiger partial charge in [0.2, 0.25) is 4.38 Å². The van der Waals surface area contributed by atoms with Crippen LogP contribution in [0.5, 0.6) is 0 Å². The molecule has 0 aliphatic heterocycles. The molecule has 0 aromatic rings. The molecule has 0 heterocycles. The molecule has 0 radical (unpaired) electrons. The van der Waals surface area contributed by atoms with E-state index in [1.165, 1.54) is 0 Å². The van der Waals surface area contributed by atoms with Crippen LogP contribution in [0.2, 0.25) is 0 Å². The van der Waals surface area contributed by atoms with Crippen molar-refractivity contribution >= 4 is 29.2 Å². The summed E-state index contributed by atoms with van der Waals surface area (Å²) in [6, 6.07) is 0. The van der Waals surface area contributed by atoms with Crippen LogP contribution < -0.4 is 0 Å². The molecule has 0 saturated carbocycles. The Morgan fingerprint density at radius 1 is 1.86 bits per heavy atom. The minimum absolute atomic E-state index is 0. The molecule has 0 aromatic heterocycles. The zero-order valence-corrected chi connectivity index (χ0v) is 8.52. The van der Waals surface area contributed by atoms with Crippen molar-refractivity contribution in [3.63, 3.8) is 0 Å². The van der Waals surface area contributed by atoms with Crippen molar-refractivity contribution in [2.45, 2.75) is 6.92 Å². The van der Waals surface area contributed by atoms with Crippen molar-refractivity contribution in [1.82, 2.24) is 0 Å². The molecular weight excluding hydrogens is 300 g/mol. The van der Waals surface area contributed by atoms with Crippen molar-refractivity contribution < 1.29 is 25.8 Å². The third kappa shape index (κ3) is 10.9. The predicted molar refractivity (Wildman–Crippen MR) is 33.2 cm³/mol. The first-order valence-electron chi connectivity index (χ1n) is 1.63. The zero-order chi connectivity index (χ0) is 4.99. The minimum Gasteiger partial charge on any atom is -0.479 e. The van der Waals surface area contributed by atoms with E-state index in [1.54, 1.807) is 0 Å². The maximum absolute atomic E-state index is 4.64. The van der Waals surface area contributed by atoms with Crippen molar-refractivity contribution in [2.75, 3.05) is 6.61 Å². The second-order valence-corrected chi connectivity index (χ2v) is 1.78. The average molecular weight is 306 g/mol. The molecule has 0 aliphatic rings. The summed E-state index contributed by atoms with van der Waals surface area (Å²) in [4.78, 5) is 0. The quantitative estimate of drug-likeness (QED) is 0.576. The second kappa shape index (κ2) is 6.93. The van der Waals surface area contributed by atoms with E-state index in [4.69, 9.17) is 0 Å². The summed E-state index contributed by atoms with van der Waals surface area (Å²) >= 11 is 8.12. The van der Waals surface area contributed by atoms with Gasteiger partial charge in [-0.1, -0.05) is 12.6 Å². The minimum atomic E-state index is 0. The summed E-state index contributed by atoms with van der Waals surface area (Å²) in [7, 11) is 0. The molecular formula is C3H6OS2W. The van der Waals surface area contributed by atoms with Gasteiger partial charge in [0.05, 0.1) is 6.61 Å². The van der Waals surface area contributed by atoms with Gasteiger partial charge in [-0.3, -0.25) is 0 Å². The average Bonchev–Trinajstić information content (AvgIpc) is 1.35. The Hall–Kier alpha value is 0.928. The van der Waals surface area contributed by atoms with E-state index in [1.807, 2.05) is 6.92 Å². The van der Waals surface area contributed by atoms with Crippen molar-refractivity contribution in [1.29, 1.82) is 0 Å². The summed E-state index contributed by atoms with van der Waals surface area (Å²) < 4.78 is 4.95. The number of hydrogen-bond donors (Lipinski definition) is 1. The fraction of sp³-hybridized carbons (Fsp3) is 0.667.